The van der Waals surface area contributed by atoms with E-state index in [4.69, 9.17) is 4.74 Å². The normalized spacial score (nSPS) is 12.6. The second-order valence-corrected chi connectivity index (χ2v) is 4.64. The SMILES string of the molecule is COC(C)(C)CC(=O)c1cccc(C(F)(F)F)c1. The van der Waals surface area contributed by atoms with Crippen LogP contribution in [0.1, 0.15) is 36.2 Å². The summed E-state index contributed by atoms with van der Waals surface area (Å²) in [7, 11) is 1.46. The van der Waals surface area contributed by atoms with Gasteiger partial charge in [0.15, 0.2) is 5.78 Å². The summed E-state index contributed by atoms with van der Waals surface area (Å²) in [6, 6.07) is 4.42. The number of carbonyl (C=O) groups excluding carboxylic acids is 1. The van der Waals surface area contributed by atoms with Gasteiger partial charge in [-0.25, -0.2) is 0 Å². The fraction of sp³-hybridized carbons (Fsp3) is 0.462. The van der Waals surface area contributed by atoms with Crippen molar-refractivity contribution in [3.8, 4) is 0 Å². The van der Waals surface area contributed by atoms with E-state index in [0.29, 0.717) is 0 Å². The van der Waals surface area contributed by atoms with Crippen LogP contribution in [-0.2, 0) is 10.9 Å². The number of alkyl halides is 3. The monoisotopic (exact) mass is 260 g/mol. The maximum Gasteiger partial charge on any atom is 0.416 e. The molecule has 0 unspecified atom stereocenters. The number of hydrogen-bond donors (Lipinski definition) is 0. The third-order valence-corrected chi connectivity index (χ3v) is 2.65. The molecular weight excluding hydrogens is 245 g/mol. The van der Waals surface area contributed by atoms with Gasteiger partial charge in [0, 0.05) is 19.1 Å². The van der Waals surface area contributed by atoms with Crippen LogP contribution in [0.25, 0.3) is 0 Å². The van der Waals surface area contributed by atoms with Gasteiger partial charge in [-0.05, 0) is 26.0 Å². The van der Waals surface area contributed by atoms with Crippen molar-refractivity contribution in [2.45, 2.75) is 32.0 Å². The third-order valence-electron chi connectivity index (χ3n) is 2.65. The van der Waals surface area contributed by atoms with Crippen molar-refractivity contribution in [3.05, 3.63) is 35.4 Å². The Kier molecular flexibility index (Phi) is 4.16. The molecule has 0 aliphatic carbocycles. The van der Waals surface area contributed by atoms with E-state index in [-0.39, 0.29) is 17.8 Å². The molecule has 1 aromatic rings. The number of hydrogen-bond acceptors (Lipinski definition) is 2. The molecule has 2 nitrogen and oxygen atoms in total. The average molecular weight is 260 g/mol. The summed E-state index contributed by atoms with van der Waals surface area (Å²) in [6.45, 7) is 3.41. The lowest BCUT2D eigenvalue weighted by molar-refractivity contribution is -0.137. The molecule has 0 saturated heterocycles. The highest BCUT2D eigenvalue weighted by atomic mass is 19.4. The highest BCUT2D eigenvalue weighted by molar-refractivity contribution is 5.96. The van der Waals surface area contributed by atoms with Gasteiger partial charge in [0.25, 0.3) is 0 Å². The Labute approximate surface area is 104 Å². The lowest BCUT2D eigenvalue weighted by Crippen LogP contribution is -2.26. The molecule has 5 heteroatoms. The molecule has 18 heavy (non-hydrogen) atoms. The van der Waals surface area contributed by atoms with Crippen LogP contribution in [0.4, 0.5) is 13.2 Å². The van der Waals surface area contributed by atoms with Crippen LogP contribution in [0.2, 0.25) is 0 Å². The minimum absolute atomic E-state index is 0.0326. The third kappa shape index (κ3) is 3.84. The Morgan fingerprint density at radius 1 is 1.28 bits per heavy atom. The summed E-state index contributed by atoms with van der Waals surface area (Å²) >= 11 is 0. The first kappa shape index (κ1) is 14.7. The first-order valence-corrected chi connectivity index (χ1v) is 5.41. The van der Waals surface area contributed by atoms with Crippen molar-refractivity contribution in [2.75, 3.05) is 7.11 Å². The predicted molar refractivity (Wildman–Crippen MR) is 61.5 cm³/mol. The molecule has 0 heterocycles. The molecule has 0 N–H and O–H groups in total. The molecule has 0 amide bonds. The van der Waals surface area contributed by atoms with Gasteiger partial charge >= 0.3 is 6.18 Å². The Morgan fingerprint density at radius 3 is 2.39 bits per heavy atom. The molecule has 0 spiro atoms. The number of benzene rings is 1. The quantitative estimate of drug-likeness (QED) is 0.771. The zero-order valence-corrected chi connectivity index (χ0v) is 10.5. The maximum atomic E-state index is 12.5. The summed E-state index contributed by atoms with van der Waals surface area (Å²) in [5.41, 5.74) is -1.45. The van der Waals surface area contributed by atoms with Gasteiger partial charge in [0.1, 0.15) is 0 Å². The Bertz CT molecular complexity index is 436. The van der Waals surface area contributed by atoms with Gasteiger partial charge in [-0.15, -0.1) is 0 Å². The van der Waals surface area contributed by atoms with Crippen LogP contribution in [0, 0.1) is 0 Å². The number of ether oxygens (including phenoxy) is 1. The average Bonchev–Trinajstić information content (AvgIpc) is 2.27. The molecule has 0 bridgehead atoms. The second kappa shape index (κ2) is 5.10. The van der Waals surface area contributed by atoms with Crippen LogP contribution < -0.4 is 0 Å². The van der Waals surface area contributed by atoms with E-state index in [2.05, 4.69) is 0 Å². The molecule has 0 atom stereocenters. The largest absolute Gasteiger partial charge is 0.416 e. The van der Waals surface area contributed by atoms with Crippen LogP contribution in [0.3, 0.4) is 0 Å². The summed E-state index contributed by atoms with van der Waals surface area (Å²) in [6.07, 6.45) is -4.40. The zero-order chi connectivity index (χ0) is 14.0. The molecule has 0 aliphatic rings. The van der Waals surface area contributed by atoms with Crippen molar-refractivity contribution in [1.82, 2.24) is 0 Å². The van der Waals surface area contributed by atoms with Crippen LogP contribution >= 0.6 is 0 Å². The number of halogens is 3. The van der Waals surface area contributed by atoms with Crippen molar-refractivity contribution < 1.29 is 22.7 Å². The Morgan fingerprint density at radius 2 is 1.89 bits per heavy atom. The molecule has 0 radical (unpaired) electrons. The summed E-state index contributed by atoms with van der Waals surface area (Å²) in [5, 5.41) is 0. The molecule has 0 saturated carbocycles. The number of rotatable bonds is 4. The smallest absolute Gasteiger partial charge is 0.378 e. The van der Waals surface area contributed by atoms with E-state index in [1.807, 2.05) is 0 Å². The fourth-order valence-electron chi connectivity index (χ4n) is 1.43. The highest BCUT2D eigenvalue weighted by Gasteiger charge is 2.31. The number of carbonyl (C=O) groups is 1. The van der Waals surface area contributed by atoms with Gasteiger partial charge in [0.2, 0.25) is 0 Å². The van der Waals surface area contributed by atoms with Crippen LogP contribution in [0.5, 0.6) is 0 Å². The molecule has 1 aromatic carbocycles. The van der Waals surface area contributed by atoms with Gasteiger partial charge in [-0.2, -0.15) is 13.2 Å². The lowest BCUT2D eigenvalue weighted by Gasteiger charge is -2.21. The minimum Gasteiger partial charge on any atom is -0.378 e. The van der Waals surface area contributed by atoms with E-state index in [1.54, 1.807) is 13.8 Å². The molecule has 0 fully saturated rings. The first-order chi connectivity index (χ1) is 8.15. The second-order valence-electron chi connectivity index (χ2n) is 4.64. The van der Waals surface area contributed by atoms with E-state index in [0.717, 1.165) is 12.1 Å². The van der Waals surface area contributed by atoms with E-state index < -0.39 is 17.3 Å². The van der Waals surface area contributed by atoms with Gasteiger partial charge < -0.3 is 4.74 Å². The molecule has 1 rings (SSSR count). The maximum absolute atomic E-state index is 12.5. The lowest BCUT2D eigenvalue weighted by atomic mass is 9.96. The van der Waals surface area contributed by atoms with E-state index >= 15 is 0 Å². The zero-order valence-electron chi connectivity index (χ0n) is 10.5. The highest BCUT2D eigenvalue weighted by Crippen LogP contribution is 2.30. The summed E-state index contributed by atoms with van der Waals surface area (Å²) in [4.78, 5) is 11.9. The van der Waals surface area contributed by atoms with Crippen LogP contribution in [0.15, 0.2) is 24.3 Å². The Hall–Kier alpha value is -1.36. The summed E-state index contributed by atoms with van der Waals surface area (Å²) < 4.78 is 42.6. The first-order valence-electron chi connectivity index (χ1n) is 5.41. The number of methoxy groups -OCH3 is 1. The van der Waals surface area contributed by atoms with E-state index in [9.17, 15) is 18.0 Å². The minimum atomic E-state index is -4.44. The Balaban J connectivity index is 2.94. The predicted octanol–water partition coefficient (Wildman–Crippen LogP) is 3.70. The number of Topliss-reactive ketones (excluding diaryl/α,β-unsaturated/α-hetero) is 1. The number of ketones is 1. The fourth-order valence-corrected chi connectivity index (χ4v) is 1.43. The van der Waals surface area contributed by atoms with Gasteiger partial charge in [0.05, 0.1) is 11.2 Å². The molecule has 0 aromatic heterocycles. The molecular formula is C13H15F3O2. The van der Waals surface area contributed by atoms with Crippen molar-refractivity contribution in [1.29, 1.82) is 0 Å². The summed E-state index contributed by atoms with van der Waals surface area (Å²) in [5.74, 6) is -0.368. The van der Waals surface area contributed by atoms with Crippen molar-refractivity contribution in [3.63, 3.8) is 0 Å². The molecule has 0 aliphatic heterocycles. The van der Waals surface area contributed by atoms with Crippen molar-refractivity contribution >= 4 is 5.78 Å². The van der Waals surface area contributed by atoms with E-state index in [1.165, 1.54) is 19.2 Å². The van der Waals surface area contributed by atoms with Crippen LogP contribution in [-0.4, -0.2) is 18.5 Å². The van der Waals surface area contributed by atoms with Gasteiger partial charge in [-0.3, -0.25) is 4.79 Å². The standard InChI is InChI=1S/C13H15F3O2/c1-12(2,18-3)8-11(17)9-5-4-6-10(7-9)13(14,15)16/h4-7H,8H2,1-3H3. The molecule has 100 valence electrons. The van der Waals surface area contributed by atoms with Gasteiger partial charge in [-0.1, -0.05) is 12.1 Å². The van der Waals surface area contributed by atoms with Crippen molar-refractivity contribution in [2.24, 2.45) is 0 Å². The topological polar surface area (TPSA) is 26.3 Å².